The molecule has 4 N–H and O–H groups in total. The third-order valence-electron chi connectivity index (χ3n) is 4.76. The molecule has 2 aliphatic rings. The smallest absolute Gasteiger partial charge is 0.224 e. The number of anilines is 3. The number of rotatable bonds is 3. The highest BCUT2D eigenvalue weighted by molar-refractivity contribution is 5.95. The minimum Gasteiger partial charge on any atom is -0.397 e. The summed E-state index contributed by atoms with van der Waals surface area (Å²) in [6, 6.07) is 3.98. The van der Waals surface area contributed by atoms with E-state index in [1.165, 1.54) is 19.3 Å². The molecule has 0 spiro atoms. The van der Waals surface area contributed by atoms with Gasteiger partial charge in [-0.1, -0.05) is 19.8 Å². The monoisotopic (exact) mass is 273 g/mol. The first-order valence-electron chi connectivity index (χ1n) is 7.59. The first kappa shape index (κ1) is 13.3. The van der Waals surface area contributed by atoms with Gasteiger partial charge in [-0.2, -0.15) is 0 Å². The predicted molar refractivity (Wildman–Crippen MR) is 82.8 cm³/mol. The zero-order valence-electron chi connectivity index (χ0n) is 12.0. The van der Waals surface area contributed by atoms with Crippen molar-refractivity contribution in [2.24, 2.45) is 11.8 Å². The van der Waals surface area contributed by atoms with Crippen LogP contribution in [0.5, 0.6) is 0 Å². The number of nitrogen functional groups attached to an aromatic ring is 1. The minimum absolute atomic E-state index is 0.0950. The molecule has 1 heterocycles. The van der Waals surface area contributed by atoms with Gasteiger partial charge in [0.25, 0.3) is 0 Å². The summed E-state index contributed by atoms with van der Waals surface area (Å²) in [5.41, 5.74) is 9.91. The average molecular weight is 273 g/mol. The lowest BCUT2D eigenvalue weighted by Crippen LogP contribution is -2.21. The molecule has 2 atom stereocenters. The number of nitrogens with two attached hydrogens (primary N) is 1. The summed E-state index contributed by atoms with van der Waals surface area (Å²) < 4.78 is 0. The Morgan fingerprint density at radius 3 is 2.95 bits per heavy atom. The van der Waals surface area contributed by atoms with Crippen molar-refractivity contribution in [3.05, 3.63) is 17.7 Å². The van der Waals surface area contributed by atoms with E-state index in [-0.39, 0.29) is 5.91 Å². The lowest BCUT2D eigenvalue weighted by molar-refractivity contribution is -0.116. The molecule has 4 heteroatoms. The normalized spacial score (nSPS) is 25.1. The van der Waals surface area contributed by atoms with Crippen molar-refractivity contribution < 1.29 is 4.79 Å². The van der Waals surface area contributed by atoms with E-state index in [2.05, 4.69) is 17.6 Å². The van der Waals surface area contributed by atoms with E-state index in [1.54, 1.807) is 0 Å². The number of hydrogen-bond donors (Lipinski definition) is 3. The minimum atomic E-state index is 0.0950. The van der Waals surface area contributed by atoms with E-state index >= 15 is 0 Å². The summed E-state index contributed by atoms with van der Waals surface area (Å²) >= 11 is 0. The van der Waals surface area contributed by atoms with Crippen molar-refractivity contribution >= 4 is 23.0 Å². The number of aryl methyl sites for hydroxylation is 1. The molecule has 0 bridgehead atoms. The standard InChI is InChI=1S/C16H23N3O/c1-10-3-2-4-12(10)9-18-15-8-14-11(7-13(15)17)5-6-16(20)19-14/h7-8,10,12,18H,2-6,9,17H2,1H3,(H,19,20). The molecule has 1 aliphatic heterocycles. The van der Waals surface area contributed by atoms with Crippen LogP contribution in [0.15, 0.2) is 12.1 Å². The van der Waals surface area contributed by atoms with Gasteiger partial charge in [-0.25, -0.2) is 0 Å². The molecule has 3 rings (SSSR count). The first-order valence-corrected chi connectivity index (χ1v) is 7.59. The highest BCUT2D eigenvalue weighted by Gasteiger charge is 2.23. The molecule has 2 unspecified atom stereocenters. The third-order valence-corrected chi connectivity index (χ3v) is 4.76. The molecular weight excluding hydrogens is 250 g/mol. The maximum atomic E-state index is 11.5. The summed E-state index contributed by atoms with van der Waals surface area (Å²) in [6.07, 6.45) is 5.31. The average Bonchev–Trinajstić information content (AvgIpc) is 2.82. The van der Waals surface area contributed by atoms with E-state index in [1.807, 2.05) is 12.1 Å². The van der Waals surface area contributed by atoms with Gasteiger partial charge in [0, 0.05) is 18.7 Å². The van der Waals surface area contributed by atoms with Crippen LogP contribution in [0.25, 0.3) is 0 Å². The number of carbonyl (C=O) groups excluding carboxylic acids is 1. The molecule has 0 saturated heterocycles. The second-order valence-corrected chi connectivity index (χ2v) is 6.19. The lowest BCUT2D eigenvalue weighted by Gasteiger charge is -2.22. The van der Waals surface area contributed by atoms with E-state index in [4.69, 9.17) is 5.73 Å². The van der Waals surface area contributed by atoms with Crippen LogP contribution >= 0.6 is 0 Å². The fourth-order valence-electron chi connectivity index (χ4n) is 3.37. The van der Waals surface area contributed by atoms with Crippen LogP contribution in [-0.4, -0.2) is 12.5 Å². The highest BCUT2D eigenvalue weighted by atomic mass is 16.1. The maximum absolute atomic E-state index is 11.5. The van der Waals surface area contributed by atoms with Gasteiger partial charge in [-0.05, 0) is 42.4 Å². The summed E-state index contributed by atoms with van der Waals surface area (Å²) in [4.78, 5) is 11.5. The van der Waals surface area contributed by atoms with Gasteiger partial charge < -0.3 is 16.4 Å². The Morgan fingerprint density at radius 1 is 1.35 bits per heavy atom. The fourth-order valence-corrected chi connectivity index (χ4v) is 3.37. The zero-order chi connectivity index (χ0) is 14.1. The van der Waals surface area contributed by atoms with Crippen molar-refractivity contribution in [3.63, 3.8) is 0 Å². The largest absolute Gasteiger partial charge is 0.397 e. The fraction of sp³-hybridized carbons (Fsp3) is 0.562. The topological polar surface area (TPSA) is 67.1 Å². The molecule has 1 aliphatic carbocycles. The molecule has 1 amide bonds. The van der Waals surface area contributed by atoms with Crippen LogP contribution in [0.4, 0.5) is 17.1 Å². The Hall–Kier alpha value is -1.71. The second-order valence-electron chi connectivity index (χ2n) is 6.19. The Morgan fingerprint density at radius 2 is 2.20 bits per heavy atom. The zero-order valence-corrected chi connectivity index (χ0v) is 12.0. The molecule has 0 aromatic heterocycles. The van der Waals surface area contributed by atoms with Crippen molar-refractivity contribution in [1.29, 1.82) is 0 Å². The Labute approximate surface area is 120 Å². The summed E-state index contributed by atoms with van der Waals surface area (Å²) in [6.45, 7) is 3.30. The number of benzene rings is 1. The van der Waals surface area contributed by atoms with Crippen LogP contribution in [0.2, 0.25) is 0 Å². The Balaban J connectivity index is 1.73. The van der Waals surface area contributed by atoms with Gasteiger partial charge in [0.15, 0.2) is 0 Å². The van der Waals surface area contributed by atoms with Crippen molar-refractivity contribution in [1.82, 2.24) is 0 Å². The number of carbonyl (C=O) groups is 1. The highest BCUT2D eigenvalue weighted by Crippen LogP contribution is 2.34. The maximum Gasteiger partial charge on any atom is 0.224 e. The molecule has 4 nitrogen and oxygen atoms in total. The third kappa shape index (κ3) is 2.60. The molecule has 0 radical (unpaired) electrons. The molecule has 1 aromatic carbocycles. The summed E-state index contributed by atoms with van der Waals surface area (Å²) in [5, 5.41) is 6.40. The van der Waals surface area contributed by atoms with Gasteiger partial charge >= 0.3 is 0 Å². The second kappa shape index (κ2) is 5.35. The van der Waals surface area contributed by atoms with Crippen molar-refractivity contribution in [3.8, 4) is 0 Å². The van der Waals surface area contributed by atoms with Crippen molar-refractivity contribution in [2.45, 2.75) is 39.0 Å². The molecular formula is C16H23N3O. The van der Waals surface area contributed by atoms with Gasteiger partial charge in [-0.3, -0.25) is 4.79 Å². The van der Waals surface area contributed by atoms with Gasteiger partial charge in [0.1, 0.15) is 0 Å². The van der Waals surface area contributed by atoms with Gasteiger partial charge in [-0.15, -0.1) is 0 Å². The van der Waals surface area contributed by atoms with E-state index < -0.39 is 0 Å². The summed E-state index contributed by atoms with van der Waals surface area (Å²) in [7, 11) is 0. The first-order chi connectivity index (χ1) is 9.63. The van der Waals surface area contributed by atoms with Gasteiger partial charge in [0.05, 0.1) is 11.4 Å². The van der Waals surface area contributed by atoms with E-state index in [0.717, 1.165) is 47.4 Å². The summed E-state index contributed by atoms with van der Waals surface area (Å²) in [5.74, 6) is 1.62. The van der Waals surface area contributed by atoms with E-state index in [0.29, 0.717) is 6.42 Å². The molecule has 20 heavy (non-hydrogen) atoms. The van der Waals surface area contributed by atoms with E-state index in [9.17, 15) is 4.79 Å². The molecule has 1 fully saturated rings. The Kier molecular flexibility index (Phi) is 3.55. The molecule has 1 saturated carbocycles. The number of hydrogen-bond acceptors (Lipinski definition) is 3. The molecule has 1 aromatic rings. The van der Waals surface area contributed by atoms with Crippen LogP contribution in [0, 0.1) is 11.8 Å². The van der Waals surface area contributed by atoms with Crippen LogP contribution < -0.4 is 16.4 Å². The molecule has 108 valence electrons. The number of amides is 1. The van der Waals surface area contributed by atoms with Crippen LogP contribution in [0.1, 0.15) is 38.2 Å². The van der Waals surface area contributed by atoms with Crippen LogP contribution in [-0.2, 0) is 11.2 Å². The van der Waals surface area contributed by atoms with Crippen LogP contribution in [0.3, 0.4) is 0 Å². The SMILES string of the molecule is CC1CCCC1CNc1cc2c(cc1N)CCC(=O)N2. The number of fused-ring (bicyclic) bond motifs is 1. The Bertz CT molecular complexity index is 527. The van der Waals surface area contributed by atoms with Gasteiger partial charge in [0.2, 0.25) is 5.91 Å². The number of nitrogens with one attached hydrogen (secondary N) is 2. The predicted octanol–water partition coefficient (Wildman–Crippen LogP) is 3.00. The quantitative estimate of drug-likeness (QED) is 0.742. The van der Waals surface area contributed by atoms with Crippen molar-refractivity contribution in [2.75, 3.05) is 22.9 Å². The lowest BCUT2D eigenvalue weighted by atomic mass is 9.97.